The Labute approximate surface area is 89.7 Å². The van der Waals surface area contributed by atoms with E-state index in [-0.39, 0.29) is 5.91 Å². The van der Waals surface area contributed by atoms with E-state index >= 15 is 0 Å². The molecule has 4 heteroatoms. The summed E-state index contributed by atoms with van der Waals surface area (Å²) in [5.74, 6) is 2.02. The summed E-state index contributed by atoms with van der Waals surface area (Å²) in [5, 5.41) is 6.04. The predicted octanol–water partition coefficient (Wildman–Crippen LogP) is 0.774. The van der Waals surface area contributed by atoms with Crippen LogP contribution in [0.5, 0.6) is 0 Å². The number of amides is 1. The highest BCUT2D eigenvalue weighted by atomic mass is 32.2. The Hall–Kier alpha value is -0.480. The zero-order chi connectivity index (χ0) is 10.2. The second-order valence-corrected chi connectivity index (χ2v) is 4.52. The maximum absolute atomic E-state index is 11.2. The summed E-state index contributed by atoms with van der Waals surface area (Å²) < 4.78 is 0. The molecular formula is C10H18N2OS. The first-order valence-corrected chi connectivity index (χ1v) is 6.17. The first kappa shape index (κ1) is 11.6. The minimum absolute atomic E-state index is 0.108. The van der Waals surface area contributed by atoms with Crippen molar-refractivity contribution >= 4 is 17.7 Å². The van der Waals surface area contributed by atoms with Crippen LogP contribution in [-0.2, 0) is 4.79 Å². The molecule has 1 rings (SSSR count). The van der Waals surface area contributed by atoms with Crippen LogP contribution < -0.4 is 10.6 Å². The average molecular weight is 214 g/mol. The van der Waals surface area contributed by atoms with E-state index < -0.39 is 0 Å². The van der Waals surface area contributed by atoms with Gasteiger partial charge in [0.15, 0.2) is 0 Å². The van der Waals surface area contributed by atoms with Gasteiger partial charge >= 0.3 is 0 Å². The Balaban J connectivity index is 1.84. The Bertz CT molecular complexity index is 193. The van der Waals surface area contributed by atoms with Gasteiger partial charge in [-0.2, -0.15) is 11.8 Å². The molecule has 1 fully saturated rings. The maximum Gasteiger partial charge on any atom is 0.233 e. The first-order valence-electron chi connectivity index (χ1n) is 5.01. The van der Waals surface area contributed by atoms with E-state index in [0.717, 1.165) is 18.1 Å². The number of nitrogens with one attached hydrogen (secondary N) is 2. The molecule has 0 aliphatic heterocycles. The van der Waals surface area contributed by atoms with Crippen LogP contribution in [0.15, 0.2) is 12.7 Å². The molecule has 0 bridgehead atoms. The summed E-state index contributed by atoms with van der Waals surface area (Å²) >= 11 is 1.78. The average Bonchev–Trinajstić information content (AvgIpc) is 2.98. The van der Waals surface area contributed by atoms with Crippen LogP contribution in [0.4, 0.5) is 0 Å². The molecule has 0 radical (unpaired) electrons. The molecule has 1 aliphatic carbocycles. The maximum atomic E-state index is 11.2. The molecule has 0 spiro atoms. The summed E-state index contributed by atoms with van der Waals surface area (Å²) in [6.45, 7) is 4.85. The summed E-state index contributed by atoms with van der Waals surface area (Å²) in [4.78, 5) is 11.2. The molecule has 0 atom stereocenters. The molecule has 0 saturated heterocycles. The fraction of sp³-hybridized carbons (Fsp3) is 0.700. The predicted molar refractivity (Wildman–Crippen MR) is 61.6 cm³/mol. The highest BCUT2D eigenvalue weighted by molar-refractivity contribution is 7.99. The second-order valence-electron chi connectivity index (χ2n) is 3.37. The molecule has 2 N–H and O–H groups in total. The van der Waals surface area contributed by atoms with E-state index in [1.807, 2.05) is 6.08 Å². The van der Waals surface area contributed by atoms with Crippen molar-refractivity contribution < 1.29 is 4.79 Å². The van der Waals surface area contributed by atoms with Crippen LogP contribution in [0.2, 0.25) is 0 Å². The van der Waals surface area contributed by atoms with Gasteiger partial charge in [-0.15, -0.1) is 6.58 Å². The van der Waals surface area contributed by atoms with Gasteiger partial charge in [-0.3, -0.25) is 4.79 Å². The van der Waals surface area contributed by atoms with Gasteiger partial charge in [0.05, 0.1) is 6.54 Å². The van der Waals surface area contributed by atoms with Crippen LogP contribution >= 0.6 is 11.8 Å². The lowest BCUT2D eigenvalue weighted by Crippen LogP contribution is -2.35. The summed E-state index contributed by atoms with van der Waals surface area (Å²) in [7, 11) is 0. The van der Waals surface area contributed by atoms with Crippen molar-refractivity contribution in [3.05, 3.63) is 12.7 Å². The summed E-state index contributed by atoms with van der Waals surface area (Å²) in [5.41, 5.74) is 0. The molecule has 1 aliphatic rings. The number of thioether (sulfide) groups is 1. The minimum atomic E-state index is 0.108. The van der Waals surface area contributed by atoms with E-state index in [4.69, 9.17) is 0 Å². The Kier molecular flexibility index (Phi) is 5.71. The molecule has 0 aromatic heterocycles. The van der Waals surface area contributed by atoms with Crippen molar-refractivity contribution in [2.45, 2.75) is 18.9 Å². The van der Waals surface area contributed by atoms with Gasteiger partial charge in [0.25, 0.3) is 0 Å². The van der Waals surface area contributed by atoms with E-state index in [2.05, 4.69) is 17.2 Å². The van der Waals surface area contributed by atoms with Gasteiger partial charge < -0.3 is 10.6 Å². The van der Waals surface area contributed by atoms with Crippen LogP contribution in [0, 0.1) is 0 Å². The van der Waals surface area contributed by atoms with E-state index in [1.54, 1.807) is 11.8 Å². The smallest absolute Gasteiger partial charge is 0.233 e. The lowest BCUT2D eigenvalue weighted by atomic mass is 10.5. The van der Waals surface area contributed by atoms with Crippen molar-refractivity contribution in [3.63, 3.8) is 0 Å². The van der Waals surface area contributed by atoms with Gasteiger partial charge in [0.2, 0.25) is 5.91 Å². The number of carbonyl (C=O) groups is 1. The molecule has 80 valence electrons. The van der Waals surface area contributed by atoms with E-state index in [9.17, 15) is 4.79 Å². The lowest BCUT2D eigenvalue weighted by molar-refractivity contribution is -0.120. The van der Waals surface area contributed by atoms with Crippen LogP contribution in [0.1, 0.15) is 12.8 Å². The molecule has 0 aromatic carbocycles. The van der Waals surface area contributed by atoms with Gasteiger partial charge in [0, 0.05) is 24.1 Å². The Morgan fingerprint density at radius 1 is 1.57 bits per heavy atom. The highest BCUT2D eigenvalue weighted by Gasteiger charge is 2.20. The Morgan fingerprint density at radius 3 is 3.00 bits per heavy atom. The van der Waals surface area contributed by atoms with Crippen LogP contribution in [0.3, 0.4) is 0 Å². The van der Waals surface area contributed by atoms with Crippen LogP contribution in [0.25, 0.3) is 0 Å². The van der Waals surface area contributed by atoms with Gasteiger partial charge in [0.1, 0.15) is 0 Å². The molecule has 1 saturated carbocycles. The molecule has 0 unspecified atom stereocenters. The molecular weight excluding hydrogens is 196 g/mol. The third kappa shape index (κ3) is 6.05. The number of hydrogen-bond acceptors (Lipinski definition) is 3. The fourth-order valence-electron chi connectivity index (χ4n) is 1.02. The largest absolute Gasteiger partial charge is 0.354 e. The fourth-order valence-corrected chi connectivity index (χ4v) is 1.60. The van der Waals surface area contributed by atoms with Crippen molar-refractivity contribution in [3.8, 4) is 0 Å². The van der Waals surface area contributed by atoms with E-state index in [0.29, 0.717) is 12.6 Å². The van der Waals surface area contributed by atoms with Crippen molar-refractivity contribution in [1.29, 1.82) is 0 Å². The molecule has 1 amide bonds. The second kappa shape index (κ2) is 6.90. The number of rotatable bonds is 8. The third-order valence-electron chi connectivity index (χ3n) is 1.93. The van der Waals surface area contributed by atoms with Gasteiger partial charge in [-0.25, -0.2) is 0 Å². The Morgan fingerprint density at radius 2 is 2.36 bits per heavy atom. The van der Waals surface area contributed by atoms with Crippen molar-refractivity contribution in [1.82, 2.24) is 10.6 Å². The standard InChI is InChI=1S/C10H18N2OS/c1-2-6-14-7-5-11-10(13)8-12-9-3-4-9/h2,9,12H,1,3-8H2,(H,11,13). The van der Waals surface area contributed by atoms with Crippen LogP contribution in [-0.4, -0.2) is 36.5 Å². The quantitative estimate of drug-likeness (QED) is 0.463. The van der Waals surface area contributed by atoms with Gasteiger partial charge in [-0.1, -0.05) is 6.08 Å². The number of hydrogen-bond donors (Lipinski definition) is 2. The topological polar surface area (TPSA) is 41.1 Å². The third-order valence-corrected chi connectivity index (χ3v) is 2.90. The molecule has 0 aromatic rings. The SMILES string of the molecule is C=CCSCCNC(=O)CNC1CC1. The van der Waals surface area contributed by atoms with E-state index in [1.165, 1.54) is 12.8 Å². The molecule has 3 nitrogen and oxygen atoms in total. The highest BCUT2D eigenvalue weighted by Crippen LogP contribution is 2.17. The molecule has 0 heterocycles. The monoisotopic (exact) mass is 214 g/mol. The first-order chi connectivity index (χ1) is 6.83. The zero-order valence-corrected chi connectivity index (χ0v) is 9.24. The molecule has 14 heavy (non-hydrogen) atoms. The normalized spacial score (nSPS) is 15.1. The van der Waals surface area contributed by atoms with Gasteiger partial charge in [-0.05, 0) is 12.8 Å². The summed E-state index contributed by atoms with van der Waals surface area (Å²) in [6, 6.07) is 0.607. The van der Waals surface area contributed by atoms with Crippen molar-refractivity contribution in [2.75, 3.05) is 24.6 Å². The minimum Gasteiger partial charge on any atom is -0.354 e. The zero-order valence-electron chi connectivity index (χ0n) is 8.42. The lowest BCUT2D eigenvalue weighted by Gasteiger charge is -2.04. The van der Waals surface area contributed by atoms with Crippen molar-refractivity contribution in [2.24, 2.45) is 0 Å². The number of carbonyl (C=O) groups excluding carboxylic acids is 1. The summed E-state index contributed by atoms with van der Waals surface area (Å²) in [6.07, 6.45) is 4.33.